The molecule has 4 saturated carbocycles. The molecular weight excluding hydrogens is 324 g/mol. The lowest BCUT2D eigenvalue weighted by molar-refractivity contribution is -0.187. The number of hydrogen-bond acceptors (Lipinski definition) is 3. The van der Waals surface area contributed by atoms with E-state index in [9.17, 15) is 15.0 Å². The van der Waals surface area contributed by atoms with Crippen molar-refractivity contribution >= 4 is 6.29 Å². The monoisotopic (exact) mass is 362 g/mol. The zero-order valence-corrected chi connectivity index (χ0v) is 17.0. The van der Waals surface area contributed by atoms with Crippen LogP contribution in [0.15, 0.2) is 0 Å². The minimum absolute atomic E-state index is 0.0184. The fourth-order valence-electron chi connectivity index (χ4n) is 8.43. The quantitative estimate of drug-likeness (QED) is 0.727. The maximum atomic E-state index is 11.5. The van der Waals surface area contributed by atoms with Gasteiger partial charge in [0.25, 0.3) is 0 Å². The van der Waals surface area contributed by atoms with Gasteiger partial charge in [-0.2, -0.15) is 0 Å². The molecule has 0 radical (unpaired) electrons. The first kappa shape index (κ1) is 18.9. The van der Waals surface area contributed by atoms with E-state index in [-0.39, 0.29) is 16.9 Å². The molecule has 26 heavy (non-hydrogen) atoms. The van der Waals surface area contributed by atoms with E-state index in [0.717, 1.165) is 50.7 Å². The number of aliphatic hydroxyl groups is 2. The summed E-state index contributed by atoms with van der Waals surface area (Å²) >= 11 is 0. The van der Waals surface area contributed by atoms with Gasteiger partial charge in [0.15, 0.2) is 0 Å². The van der Waals surface area contributed by atoms with Crippen molar-refractivity contribution in [3.8, 4) is 0 Å². The number of fused-ring (bicyclic) bond motifs is 5. The Labute approximate surface area is 158 Å². The fourth-order valence-corrected chi connectivity index (χ4v) is 8.43. The molecule has 4 rings (SSSR count). The fraction of sp³-hybridized carbons (Fsp3) is 0.957. The SMILES string of the molecule is CC12CCC3C4CC[C@@](O)(CCC=O)[C@@]4(C)CCC3[C@@]1(C)CC[C@H](O)C2. The minimum atomic E-state index is -0.645. The number of hydrogen-bond donors (Lipinski definition) is 2. The molecule has 4 aliphatic rings. The Morgan fingerprint density at radius 1 is 0.923 bits per heavy atom. The van der Waals surface area contributed by atoms with Crippen LogP contribution in [0.2, 0.25) is 0 Å². The molecule has 8 atom stereocenters. The molecule has 0 aliphatic heterocycles. The van der Waals surface area contributed by atoms with Crippen molar-refractivity contribution in [2.45, 2.75) is 103 Å². The number of rotatable bonds is 3. The zero-order valence-electron chi connectivity index (χ0n) is 17.0. The van der Waals surface area contributed by atoms with Crippen LogP contribution in [0.1, 0.15) is 91.4 Å². The largest absolute Gasteiger partial charge is 0.393 e. The Bertz CT molecular complexity index is 576. The third-order valence-corrected chi connectivity index (χ3v) is 10.3. The second-order valence-corrected chi connectivity index (χ2v) is 11.0. The van der Waals surface area contributed by atoms with Crippen molar-refractivity contribution < 1.29 is 15.0 Å². The molecule has 0 saturated heterocycles. The third kappa shape index (κ3) is 2.35. The van der Waals surface area contributed by atoms with Crippen LogP contribution >= 0.6 is 0 Å². The molecule has 2 N–H and O–H groups in total. The lowest BCUT2D eigenvalue weighted by Gasteiger charge is -2.65. The predicted octanol–water partition coefficient (Wildman–Crippen LogP) is 4.49. The topological polar surface area (TPSA) is 57.5 Å². The first-order valence-electron chi connectivity index (χ1n) is 11.0. The standard InChI is InChI=1S/C23H38O3/c1-20-10-6-17-18(21(20,2)11-5-16(25)15-20)7-12-22(3)19(17)8-13-23(22,26)9-4-14-24/h14,16-19,25-26H,4-13,15H2,1-3H3/t16-,17?,18?,19?,20?,21+,22-,23-/m0/s1. The highest BCUT2D eigenvalue weighted by Gasteiger charge is 2.66. The molecule has 3 nitrogen and oxygen atoms in total. The maximum Gasteiger partial charge on any atom is 0.120 e. The summed E-state index contributed by atoms with van der Waals surface area (Å²) < 4.78 is 0. The van der Waals surface area contributed by atoms with Crippen molar-refractivity contribution in [3.05, 3.63) is 0 Å². The second-order valence-electron chi connectivity index (χ2n) is 11.0. The van der Waals surface area contributed by atoms with E-state index in [1.54, 1.807) is 0 Å². The van der Waals surface area contributed by atoms with E-state index in [1.165, 1.54) is 19.3 Å². The summed E-state index contributed by atoms with van der Waals surface area (Å²) in [6, 6.07) is 0. The van der Waals surface area contributed by atoms with E-state index in [0.29, 0.717) is 30.1 Å². The second kappa shape index (κ2) is 6.04. The van der Waals surface area contributed by atoms with Crippen molar-refractivity contribution in [2.75, 3.05) is 0 Å². The Morgan fingerprint density at radius 3 is 2.31 bits per heavy atom. The van der Waals surface area contributed by atoms with Gasteiger partial charge in [-0.1, -0.05) is 20.8 Å². The summed E-state index contributed by atoms with van der Waals surface area (Å²) in [5.41, 5.74) is -0.0601. The van der Waals surface area contributed by atoms with E-state index in [1.807, 2.05) is 0 Å². The van der Waals surface area contributed by atoms with Gasteiger partial charge >= 0.3 is 0 Å². The lowest BCUT2D eigenvalue weighted by atomic mass is 9.40. The maximum absolute atomic E-state index is 11.5. The first-order valence-corrected chi connectivity index (χ1v) is 11.0. The molecule has 0 bridgehead atoms. The van der Waals surface area contributed by atoms with E-state index >= 15 is 0 Å². The molecule has 0 spiro atoms. The van der Waals surface area contributed by atoms with E-state index in [4.69, 9.17) is 0 Å². The summed E-state index contributed by atoms with van der Waals surface area (Å²) in [5, 5.41) is 21.8. The van der Waals surface area contributed by atoms with Gasteiger partial charge in [0.05, 0.1) is 11.7 Å². The van der Waals surface area contributed by atoms with Crippen molar-refractivity contribution in [1.82, 2.24) is 0 Å². The molecule has 4 fully saturated rings. The normalized spacial score (nSPS) is 56.3. The van der Waals surface area contributed by atoms with Gasteiger partial charge in [-0.05, 0) is 98.2 Å². The van der Waals surface area contributed by atoms with Gasteiger partial charge < -0.3 is 15.0 Å². The summed E-state index contributed by atoms with van der Waals surface area (Å²) in [6.07, 6.45) is 11.9. The Morgan fingerprint density at radius 2 is 1.58 bits per heavy atom. The smallest absolute Gasteiger partial charge is 0.120 e. The predicted molar refractivity (Wildman–Crippen MR) is 103 cm³/mol. The van der Waals surface area contributed by atoms with Crippen molar-refractivity contribution in [3.63, 3.8) is 0 Å². The van der Waals surface area contributed by atoms with E-state index in [2.05, 4.69) is 20.8 Å². The van der Waals surface area contributed by atoms with Crippen LogP contribution in [0, 0.1) is 34.0 Å². The van der Waals surface area contributed by atoms with Crippen LogP contribution in [-0.2, 0) is 4.79 Å². The van der Waals surface area contributed by atoms with Crippen LogP contribution in [0.3, 0.4) is 0 Å². The molecule has 0 heterocycles. The van der Waals surface area contributed by atoms with Gasteiger partial charge in [0, 0.05) is 6.42 Å². The number of aliphatic hydroxyl groups excluding tert-OH is 1. The first-order chi connectivity index (χ1) is 12.2. The summed E-state index contributed by atoms with van der Waals surface area (Å²) in [6.45, 7) is 7.28. The molecule has 4 aliphatic carbocycles. The van der Waals surface area contributed by atoms with Crippen LogP contribution in [-0.4, -0.2) is 28.2 Å². The van der Waals surface area contributed by atoms with Crippen LogP contribution < -0.4 is 0 Å². The Kier molecular flexibility index (Phi) is 4.40. The number of carbonyl (C=O) groups excluding carboxylic acids is 1. The van der Waals surface area contributed by atoms with Crippen molar-refractivity contribution in [2.24, 2.45) is 34.0 Å². The number of aldehydes is 1. The highest BCUT2D eigenvalue weighted by molar-refractivity contribution is 5.49. The highest BCUT2D eigenvalue weighted by atomic mass is 16.3. The van der Waals surface area contributed by atoms with Gasteiger partial charge in [-0.3, -0.25) is 0 Å². The summed E-state index contributed by atoms with van der Waals surface area (Å²) in [7, 11) is 0. The van der Waals surface area contributed by atoms with Crippen LogP contribution in [0.5, 0.6) is 0 Å². The molecular formula is C23H38O3. The molecule has 3 heteroatoms. The Hall–Kier alpha value is -0.410. The molecule has 0 aromatic rings. The molecule has 4 unspecified atom stereocenters. The summed E-state index contributed by atoms with van der Waals surface area (Å²) in [4.78, 5) is 10.9. The molecule has 0 aromatic carbocycles. The number of carbonyl (C=O) groups is 1. The lowest BCUT2D eigenvalue weighted by Crippen LogP contribution is -2.59. The average molecular weight is 363 g/mol. The van der Waals surface area contributed by atoms with Crippen LogP contribution in [0.4, 0.5) is 0 Å². The third-order valence-electron chi connectivity index (χ3n) is 10.3. The average Bonchev–Trinajstić information content (AvgIpc) is 2.86. The molecule has 0 aromatic heterocycles. The minimum Gasteiger partial charge on any atom is -0.393 e. The van der Waals surface area contributed by atoms with Gasteiger partial charge in [-0.15, -0.1) is 0 Å². The molecule has 0 amide bonds. The van der Waals surface area contributed by atoms with Gasteiger partial charge in [0.2, 0.25) is 0 Å². The van der Waals surface area contributed by atoms with Gasteiger partial charge in [-0.25, -0.2) is 0 Å². The zero-order chi connectivity index (χ0) is 18.8. The van der Waals surface area contributed by atoms with Gasteiger partial charge in [0.1, 0.15) is 6.29 Å². The van der Waals surface area contributed by atoms with Crippen LogP contribution in [0.25, 0.3) is 0 Å². The van der Waals surface area contributed by atoms with E-state index < -0.39 is 5.60 Å². The molecule has 148 valence electrons. The Balaban J connectivity index is 1.62. The highest BCUT2D eigenvalue weighted by Crippen LogP contribution is 2.71. The van der Waals surface area contributed by atoms with Crippen molar-refractivity contribution in [1.29, 1.82) is 0 Å². The summed E-state index contributed by atoms with van der Waals surface area (Å²) in [5.74, 6) is 2.05.